The SMILES string of the molecule is CCOc1ccc(CNCC2(C3CC3)CC2)cc1. The fraction of sp³-hybridized carbons (Fsp3) is 0.625. The number of hydrogen-bond acceptors (Lipinski definition) is 2. The van der Waals surface area contributed by atoms with Crippen molar-refractivity contribution in [2.45, 2.75) is 39.2 Å². The predicted octanol–water partition coefficient (Wildman–Crippen LogP) is 3.37. The first-order valence-corrected chi connectivity index (χ1v) is 7.25. The Kier molecular flexibility index (Phi) is 3.29. The molecule has 2 nitrogen and oxygen atoms in total. The van der Waals surface area contributed by atoms with Crippen LogP contribution in [-0.4, -0.2) is 13.2 Å². The predicted molar refractivity (Wildman–Crippen MR) is 73.7 cm³/mol. The fourth-order valence-electron chi connectivity index (χ4n) is 2.91. The molecule has 18 heavy (non-hydrogen) atoms. The second kappa shape index (κ2) is 4.93. The van der Waals surface area contributed by atoms with E-state index >= 15 is 0 Å². The molecule has 0 atom stereocenters. The topological polar surface area (TPSA) is 21.3 Å². The van der Waals surface area contributed by atoms with Crippen molar-refractivity contribution < 1.29 is 4.74 Å². The zero-order chi connectivity index (χ0) is 12.4. The number of hydrogen-bond donors (Lipinski definition) is 1. The zero-order valence-electron chi connectivity index (χ0n) is 11.2. The molecule has 2 aliphatic rings. The summed E-state index contributed by atoms with van der Waals surface area (Å²) in [6.07, 6.45) is 5.86. The highest BCUT2D eigenvalue weighted by Gasteiger charge is 2.53. The smallest absolute Gasteiger partial charge is 0.119 e. The summed E-state index contributed by atoms with van der Waals surface area (Å²) < 4.78 is 5.45. The van der Waals surface area contributed by atoms with Gasteiger partial charge in [-0.15, -0.1) is 0 Å². The van der Waals surface area contributed by atoms with Crippen LogP contribution in [0, 0.1) is 11.3 Å². The highest BCUT2D eigenvalue weighted by atomic mass is 16.5. The van der Waals surface area contributed by atoms with E-state index < -0.39 is 0 Å². The van der Waals surface area contributed by atoms with Crippen molar-refractivity contribution in [3.05, 3.63) is 29.8 Å². The summed E-state index contributed by atoms with van der Waals surface area (Å²) in [6, 6.07) is 8.45. The van der Waals surface area contributed by atoms with Crippen LogP contribution in [0.2, 0.25) is 0 Å². The summed E-state index contributed by atoms with van der Waals surface area (Å²) in [7, 11) is 0. The van der Waals surface area contributed by atoms with E-state index in [-0.39, 0.29) is 0 Å². The van der Waals surface area contributed by atoms with Gasteiger partial charge in [0.15, 0.2) is 0 Å². The van der Waals surface area contributed by atoms with Gasteiger partial charge in [-0.25, -0.2) is 0 Å². The first-order valence-electron chi connectivity index (χ1n) is 7.25. The Balaban J connectivity index is 1.45. The van der Waals surface area contributed by atoms with Gasteiger partial charge in [0.25, 0.3) is 0 Å². The van der Waals surface area contributed by atoms with Crippen LogP contribution >= 0.6 is 0 Å². The highest BCUT2D eigenvalue weighted by Crippen LogP contribution is 2.60. The van der Waals surface area contributed by atoms with Crippen molar-refractivity contribution in [1.82, 2.24) is 5.32 Å². The zero-order valence-corrected chi connectivity index (χ0v) is 11.2. The minimum Gasteiger partial charge on any atom is -0.494 e. The molecule has 98 valence electrons. The molecule has 3 rings (SSSR count). The third-order valence-corrected chi connectivity index (χ3v) is 4.38. The minimum absolute atomic E-state index is 0.700. The van der Waals surface area contributed by atoms with Crippen LogP contribution in [-0.2, 0) is 6.54 Å². The first-order chi connectivity index (χ1) is 8.82. The van der Waals surface area contributed by atoms with Gasteiger partial charge in [0, 0.05) is 13.1 Å². The van der Waals surface area contributed by atoms with E-state index in [4.69, 9.17) is 4.74 Å². The van der Waals surface area contributed by atoms with E-state index in [0.717, 1.165) is 24.8 Å². The molecule has 0 spiro atoms. The summed E-state index contributed by atoms with van der Waals surface area (Å²) in [5.74, 6) is 2.02. The molecule has 1 aromatic rings. The summed E-state index contributed by atoms with van der Waals surface area (Å²) in [5, 5.41) is 3.64. The van der Waals surface area contributed by atoms with Gasteiger partial charge in [-0.2, -0.15) is 0 Å². The van der Waals surface area contributed by atoms with Crippen LogP contribution in [0.3, 0.4) is 0 Å². The number of rotatable bonds is 7. The van der Waals surface area contributed by atoms with Crippen molar-refractivity contribution >= 4 is 0 Å². The Labute approximate surface area is 110 Å². The Morgan fingerprint density at radius 1 is 1.22 bits per heavy atom. The maximum atomic E-state index is 5.45. The van der Waals surface area contributed by atoms with Crippen molar-refractivity contribution in [1.29, 1.82) is 0 Å². The molecular weight excluding hydrogens is 222 g/mol. The van der Waals surface area contributed by atoms with E-state index in [9.17, 15) is 0 Å². The fourth-order valence-corrected chi connectivity index (χ4v) is 2.91. The lowest BCUT2D eigenvalue weighted by Gasteiger charge is -2.15. The lowest BCUT2D eigenvalue weighted by molar-refractivity contribution is 0.340. The molecule has 1 aromatic carbocycles. The largest absolute Gasteiger partial charge is 0.494 e. The number of benzene rings is 1. The lowest BCUT2D eigenvalue weighted by Crippen LogP contribution is -2.24. The second-order valence-electron chi connectivity index (χ2n) is 5.82. The number of nitrogens with one attached hydrogen (secondary N) is 1. The molecule has 0 radical (unpaired) electrons. The van der Waals surface area contributed by atoms with E-state index in [1.807, 2.05) is 6.92 Å². The van der Waals surface area contributed by atoms with Gasteiger partial charge in [0.2, 0.25) is 0 Å². The second-order valence-corrected chi connectivity index (χ2v) is 5.82. The van der Waals surface area contributed by atoms with Gasteiger partial charge in [0.1, 0.15) is 5.75 Å². The van der Waals surface area contributed by atoms with E-state index in [0.29, 0.717) is 5.41 Å². The van der Waals surface area contributed by atoms with Crippen molar-refractivity contribution in [3.8, 4) is 5.75 Å². The molecule has 0 heterocycles. The summed E-state index contributed by atoms with van der Waals surface area (Å²) in [5.41, 5.74) is 2.05. The standard InChI is InChI=1S/C16H23NO/c1-2-18-15-7-3-13(4-8-15)11-17-12-16(9-10-16)14-5-6-14/h3-4,7-8,14,17H,2,5-6,9-12H2,1H3. The maximum Gasteiger partial charge on any atom is 0.119 e. The average Bonchev–Trinajstić information content (AvgIpc) is 3.26. The van der Waals surface area contributed by atoms with Crippen LogP contribution in [0.15, 0.2) is 24.3 Å². The highest BCUT2D eigenvalue weighted by molar-refractivity contribution is 5.27. The van der Waals surface area contributed by atoms with Crippen molar-refractivity contribution in [2.24, 2.45) is 11.3 Å². The molecule has 0 bridgehead atoms. The number of ether oxygens (including phenoxy) is 1. The van der Waals surface area contributed by atoms with Gasteiger partial charge < -0.3 is 10.1 Å². The molecule has 0 amide bonds. The van der Waals surface area contributed by atoms with Gasteiger partial charge >= 0.3 is 0 Å². The summed E-state index contributed by atoms with van der Waals surface area (Å²) >= 11 is 0. The third kappa shape index (κ3) is 2.69. The molecule has 0 aliphatic heterocycles. The van der Waals surface area contributed by atoms with Crippen LogP contribution in [0.1, 0.15) is 38.2 Å². The molecule has 0 saturated heterocycles. The molecular formula is C16H23NO. The Morgan fingerprint density at radius 2 is 1.94 bits per heavy atom. The molecule has 2 heteroatoms. The van der Waals surface area contributed by atoms with Gasteiger partial charge in [0.05, 0.1) is 6.61 Å². The molecule has 2 aliphatic carbocycles. The van der Waals surface area contributed by atoms with Crippen molar-refractivity contribution in [3.63, 3.8) is 0 Å². The Morgan fingerprint density at radius 3 is 2.50 bits per heavy atom. The Hall–Kier alpha value is -1.02. The van der Waals surface area contributed by atoms with Crippen LogP contribution in [0.4, 0.5) is 0 Å². The normalized spacial score (nSPS) is 20.7. The molecule has 2 fully saturated rings. The van der Waals surface area contributed by atoms with Crippen LogP contribution < -0.4 is 10.1 Å². The lowest BCUT2D eigenvalue weighted by atomic mass is 10.0. The molecule has 2 saturated carbocycles. The van der Waals surface area contributed by atoms with Crippen molar-refractivity contribution in [2.75, 3.05) is 13.2 Å². The monoisotopic (exact) mass is 245 g/mol. The van der Waals surface area contributed by atoms with Crippen LogP contribution in [0.5, 0.6) is 5.75 Å². The third-order valence-electron chi connectivity index (χ3n) is 4.38. The average molecular weight is 245 g/mol. The van der Waals surface area contributed by atoms with Gasteiger partial charge in [-0.05, 0) is 61.6 Å². The summed E-state index contributed by atoms with van der Waals surface area (Å²) in [6.45, 7) is 4.95. The van der Waals surface area contributed by atoms with E-state index in [1.165, 1.54) is 37.8 Å². The first kappa shape index (κ1) is 12.0. The Bertz CT molecular complexity index is 390. The van der Waals surface area contributed by atoms with Gasteiger partial charge in [-0.3, -0.25) is 0 Å². The molecule has 0 unspecified atom stereocenters. The van der Waals surface area contributed by atoms with E-state index in [1.54, 1.807) is 0 Å². The van der Waals surface area contributed by atoms with Gasteiger partial charge in [-0.1, -0.05) is 12.1 Å². The molecule has 1 N–H and O–H groups in total. The molecule has 0 aromatic heterocycles. The quantitative estimate of drug-likeness (QED) is 0.795. The van der Waals surface area contributed by atoms with Crippen LogP contribution in [0.25, 0.3) is 0 Å². The summed E-state index contributed by atoms with van der Waals surface area (Å²) in [4.78, 5) is 0. The maximum absolute atomic E-state index is 5.45. The minimum atomic E-state index is 0.700. The van der Waals surface area contributed by atoms with E-state index in [2.05, 4.69) is 29.6 Å².